The van der Waals surface area contributed by atoms with Gasteiger partial charge in [-0.1, -0.05) is 37.6 Å². The molecule has 0 amide bonds. The highest BCUT2D eigenvalue weighted by Crippen LogP contribution is 2.20. The Hall–Kier alpha value is -1.74. The Labute approximate surface area is 129 Å². The van der Waals surface area contributed by atoms with Crippen molar-refractivity contribution in [3.05, 3.63) is 58.9 Å². The second-order valence-electron chi connectivity index (χ2n) is 5.32. The van der Waals surface area contributed by atoms with Crippen LogP contribution < -0.4 is 10.1 Å². The van der Waals surface area contributed by atoms with Crippen molar-refractivity contribution in [2.75, 3.05) is 11.9 Å². The smallest absolute Gasteiger partial charge is 0.129 e. The van der Waals surface area contributed by atoms with E-state index in [1.807, 2.05) is 24.3 Å². The summed E-state index contributed by atoms with van der Waals surface area (Å²) in [6, 6.07) is 12.4. The molecule has 0 aromatic heterocycles. The zero-order valence-electron chi connectivity index (χ0n) is 12.2. The molecule has 0 fully saturated rings. The molecule has 0 saturated heterocycles. The van der Waals surface area contributed by atoms with Gasteiger partial charge in [-0.15, -0.1) is 0 Å². The van der Waals surface area contributed by atoms with E-state index in [2.05, 4.69) is 19.2 Å². The normalized spacial score (nSPS) is 10.7. The maximum absolute atomic E-state index is 13.7. The molecule has 0 saturated carbocycles. The highest BCUT2D eigenvalue weighted by atomic mass is 35.5. The Kier molecular flexibility index (Phi) is 5.45. The minimum Gasteiger partial charge on any atom is -0.493 e. The summed E-state index contributed by atoms with van der Waals surface area (Å²) in [6.45, 7) is 5.28. The number of benzene rings is 2. The topological polar surface area (TPSA) is 21.3 Å². The van der Waals surface area contributed by atoms with E-state index in [1.165, 1.54) is 6.07 Å². The van der Waals surface area contributed by atoms with Crippen LogP contribution in [0.3, 0.4) is 0 Å². The maximum Gasteiger partial charge on any atom is 0.129 e. The van der Waals surface area contributed by atoms with Crippen LogP contribution in [0.25, 0.3) is 0 Å². The van der Waals surface area contributed by atoms with E-state index < -0.39 is 0 Å². The third kappa shape index (κ3) is 4.94. The van der Waals surface area contributed by atoms with Crippen molar-refractivity contribution in [1.29, 1.82) is 0 Å². The number of hydrogen-bond donors (Lipinski definition) is 1. The van der Waals surface area contributed by atoms with Crippen LogP contribution in [0.4, 0.5) is 10.1 Å². The molecule has 112 valence electrons. The molecule has 0 aliphatic rings. The summed E-state index contributed by atoms with van der Waals surface area (Å²) in [6.07, 6.45) is 0. The summed E-state index contributed by atoms with van der Waals surface area (Å²) in [4.78, 5) is 0. The van der Waals surface area contributed by atoms with Crippen LogP contribution in [-0.2, 0) is 6.54 Å². The van der Waals surface area contributed by atoms with E-state index in [0.29, 0.717) is 29.7 Å². The highest BCUT2D eigenvalue weighted by molar-refractivity contribution is 6.30. The van der Waals surface area contributed by atoms with Crippen molar-refractivity contribution >= 4 is 17.3 Å². The maximum atomic E-state index is 13.7. The second-order valence-corrected chi connectivity index (χ2v) is 5.76. The first-order valence-corrected chi connectivity index (χ1v) is 7.33. The quantitative estimate of drug-likeness (QED) is 0.799. The Morgan fingerprint density at radius 1 is 1.19 bits per heavy atom. The Morgan fingerprint density at radius 3 is 2.71 bits per heavy atom. The van der Waals surface area contributed by atoms with Crippen molar-refractivity contribution in [3.8, 4) is 5.75 Å². The second kappa shape index (κ2) is 7.32. The van der Waals surface area contributed by atoms with Gasteiger partial charge >= 0.3 is 0 Å². The van der Waals surface area contributed by atoms with Gasteiger partial charge in [-0.2, -0.15) is 0 Å². The molecule has 2 aromatic carbocycles. The largest absolute Gasteiger partial charge is 0.493 e. The van der Waals surface area contributed by atoms with Crippen molar-refractivity contribution in [2.45, 2.75) is 20.4 Å². The fraction of sp³-hybridized carbons (Fsp3) is 0.294. The van der Waals surface area contributed by atoms with Crippen LogP contribution in [0.1, 0.15) is 19.4 Å². The van der Waals surface area contributed by atoms with E-state index >= 15 is 0 Å². The van der Waals surface area contributed by atoms with E-state index in [0.717, 1.165) is 11.4 Å². The Morgan fingerprint density at radius 2 is 2.00 bits per heavy atom. The number of hydrogen-bond acceptors (Lipinski definition) is 2. The highest BCUT2D eigenvalue weighted by Gasteiger charge is 2.04. The monoisotopic (exact) mass is 307 g/mol. The van der Waals surface area contributed by atoms with E-state index in [9.17, 15) is 4.39 Å². The van der Waals surface area contributed by atoms with Crippen LogP contribution >= 0.6 is 11.6 Å². The summed E-state index contributed by atoms with van der Waals surface area (Å²) < 4.78 is 19.4. The molecule has 4 heteroatoms. The number of rotatable bonds is 6. The van der Waals surface area contributed by atoms with Crippen molar-refractivity contribution in [1.82, 2.24) is 0 Å². The zero-order chi connectivity index (χ0) is 15.2. The van der Waals surface area contributed by atoms with E-state index in [4.69, 9.17) is 16.3 Å². The molecular weight excluding hydrogens is 289 g/mol. The SMILES string of the molecule is CC(C)COc1cccc(NCc2ccc(Cl)cc2F)c1. The van der Waals surface area contributed by atoms with Gasteiger partial charge in [0.2, 0.25) is 0 Å². The number of anilines is 1. The lowest BCUT2D eigenvalue weighted by Crippen LogP contribution is -2.05. The zero-order valence-corrected chi connectivity index (χ0v) is 13.0. The number of ether oxygens (including phenoxy) is 1. The first-order valence-electron chi connectivity index (χ1n) is 6.95. The lowest BCUT2D eigenvalue weighted by Gasteiger charge is -2.11. The molecule has 2 aromatic rings. The third-order valence-corrected chi connectivity index (χ3v) is 3.15. The molecule has 2 nitrogen and oxygen atoms in total. The van der Waals surface area contributed by atoms with Gasteiger partial charge in [-0.05, 0) is 30.2 Å². The van der Waals surface area contributed by atoms with Crippen LogP contribution in [0, 0.1) is 11.7 Å². The number of nitrogens with one attached hydrogen (secondary N) is 1. The minimum atomic E-state index is -0.304. The fourth-order valence-electron chi connectivity index (χ4n) is 1.82. The summed E-state index contributed by atoms with van der Waals surface area (Å²) in [5.41, 5.74) is 1.47. The van der Waals surface area contributed by atoms with Crippen molar-refractivity contribution < 1.29 is 9.13 Å². The molecule has 0 unspecified atom stereocenters. The van der Waals surface area contributed by atoms with Gasteiger partial charge < -0.3 is 10.1 Å². The molecule has 0 heterocycles. The average molecular weight is 308 g/mol. The summed E-state index contributed by atoms with van der Waals surface area (Å²) in [5, 5.41) is 3.59. The van der Waals surface area contributed by atoms with Crippen LogP contribution in [0.5, 0.6) is 5.75 Å². The Balaban J connectivity index is 1.98. The summed E-state index contributed by atoms with van der Waals surface area (Å²) >= 11 is 5.74. The van der Waals surface area contributed by atoms with Crippen molar-refractivity contribution in [3.63, 3.8) is 0 Å². The first kappa shape index (κ1) is 15.6. The van der Waals surface area contributed by atoms with Crippen LogP contribution in [0.15, 0.2) is 42.5 Å². The summed E-state index contributed by atoms with van der Waals surface area (Å²) in [5.74, 6) is 0.984. The molecule has 0 bridgehead atoms. The van der Waals surface area contributed by atoms with Gasteiger partial charge in [0.1, 0.15) is 11.6 Å². The summed E-state index contributed by atoms with van der Waals surface area (Å²) in [7, 11) is 0. The first-order chi connectivity index (χ1) is 10.0. The van der Waals surface area contributed by atoms with Gasteiger partial charge in [0.25, 0.3) is 0 Å². The van der Waals surface area contributed by atoms with Crippen molar-refractivity contribution in [2.24, 2.45) is 5.92 Å². The molecular formula is C17H19ClFNO. The lowest BCUT2D eigenvalue weighted by molar-refractivity contribution is 0.271. The standard InChI is InChI=1S/C17H19ClFNO/c1-12(2)11-21-16-5-3-4-15(9-16)20-10-13-6-7-14(18)8-17(13)19/h3-9,12,20H,10-11H2,1-2H3. The molecule has 0 aliphatic carbocycles. The van der Waals surface area contributed by atoms with Gasteiger partial charge in [0.05, 0.1) is 6.61 Å². The van der Waals surface area contributed by atoms with Crippen LogP contribution in [0.2, 0.25) is 5.02 Å². The minimum absolute atomic E-state index is 0.304. The predicted octanol–water partition coefficient (Wildman–Crippen LogP) is 5.13. The molecule has 21 heavy (non-hydrogen) atoms. The molecule has 0 spiro atoms. The number of halogens is 2. The van der Waals surface area contributed by atoms with E-state index in [-0.39, 0.29) is 5.82 Å². The van der Waals surface area contributed by atoms with E-state index in [1.54, 1.807) is 12.1 Å². The average Bonchev–Trinajstić information content (AvgIpc) is 2.45. The van der Waals surface area contributed by atoms with Gasteiger partial charge in [-0.25, -0.2) is 4.39 Å². The van der Waals surface area contributed by atoms with Gasteiger partial charge in [0.15, 0.2) is 0 Å². The predicted molar refractivity (Wildman–Crippen MR) is 85.5 cm³/mol. The molecule has 0 radical (unpaired) electrons. The van der Waals surface area contributed by atoms with Crippen LogP contribution in [-0.4, -0.2) is 6.61 Å². The lowest BCUT2D eigenvalue weighted by atomic mass is 10.2. The molecule has 0 aliphatic heterocycles. The molecule has 2 rings (SSSR count). The molecule has 1 N–H and O–H groups in total. The Bertz CT molecular complexity index is 601. The third-order valence-electron chi connectivity index (χ3n) is 2.92. The fourth-order valence-corrected chi connectivity index (χ4v) is 1.98. The van der Waals surface area contributed by atoms with Gasteiger partial charge in [0, 0.05) is 28.9 Å². The van der Waals surface area contributed by atoms with Gasteiger partial charge in [-0.3, -0.25) is 0 Å². The molecule has 0 atom stereocenters.